The van der Waals surface area contributed by atoms with Gasteiger partial charge in [-0.25, -0.2) is 9.97 Å². The first-order chi connectivity index (χ1) is 8.88. The molecule has 5 heteroatoms. The van der Waals surface area contributed by atoms with Crippen molar-refractivity contribution in [2.45, 2.75) is 0 Å². The molecule has 0 saturated carbocycles. The first-order valence-electron chi connectivity index (χ1n) is 5.42. The van der Waals surface area contributed by atoms with Crippen molar-refractivity contribution >= 4 is 16.7 Å². The molecule has 86 valence electrons. The van der Waals surface area contributed by atoms with Crippen LogP contribution >= 0.6 is 0 Å². The second kappa shape index (κ2) is 4.18. The Balaban J connectivity index is 2.17. The number of nitriles is 1. The molecule has 0 amide bonds. The molecule has 1 aromatic carbocycles. The van der Waals surface area contributed by atoms with Crippen molar-refractivity contribution in [3.8, 4) is 17.5 Å². The molecule has 0 unspecified atom stereocenters. The molecule has 0 aliphatic rings. The number of aromatic amines is 1. The maximum Gasteiger partial charge on any atom is 0.181 e. The van der Waals surface area contributed by atoms with Crippen molar-refractivity contribution in [2.75, 3.05) is 5.32 Å². The fraction of sp³-hybridized carbons (Fsp3) is 0. The molecule has 0 fully saturated rings. The highest BCUT2D eigenvalue weighted by Gasteiger charge is 2.07. The molecule has 3 aromatic rings. The summed E-state index contributed by atoms with van der Waals surface area (Å²) in [7, 11) is 0. The highest BCUT2D eigenvalue weighted by Crippen LogP contribution is 2.26. The minimum Gasteiger partial charge on any atom is -0.346 e. The minimum atomic E-state index is 0.747. The molecule has 5 nitrogen and oxygen atoms in total. The molecule has 2 heterocycles. The number of hydrogen-bond donors (Lipinski definition) is 2. The average molecular weight is 235 g/mol. The molecule has 0 saturated heterocycles. The van der Waals surface area contributed by atoms with Gasteiger partial charge in [-0.15, -0.1) is 0 Å². The van der Waals surface area contributed by atoms with Crippen molar-refractivity contribution in [1.82, 2.24) is 15.0 Å². The Bertz CT molecular complexity index is 738. The van der Waals surface area contributed by atoms with E-state index in [1.807, 2.05) is 42.7 Å². The lowest BCUT2D eigenvalue weighted by molar-refractivity contribution is 1.20. The minimum absolute atomic E-state index is 0.747. The molecule has 0 radical (unpaired) electrons. The Labute approximate surface area is 103 Å². The Morgan fingerprint density at radius 1 is 1.22 bits per heavy atom. The van der Waals surface area contributed by atoms with Crippen molar-refractivity contribution in [3.63, 3.8) is 0 Å². The zero-order chi connectivity index (χ0) is 12.4. The Morgan fingerprint density at radius 3 is 3.06 bits per heavy atom. The zero-order valence-electron chi connectivity index (χ0n) is 9.38. The molecule has 18 heavy (non-hydrogen) atoms. The van der Waals surface area contributed by atoms with Gasteiger partial charge in [0.05, 0.1) is 5.69 Å². The number of aromatic nitrogens is 3. The highest BCUT2D eigenvalue weighted by atomic mass is 14.9. The van der Waals surface area contributed by atoms with E-state index < -0.39 is 0 Å². The third-order valence-corrected chi connectivity index (χ3v) is 2.69. The fourth-order valence-corrected chi connectivity index (χ4v) is 1.91. The molecular formula is C13H9N5. The van der Waals surface area contributed by atoms with E-state index in [0.717, 1.165) is 28.0 Å². The maximum atomic E-state index is 8.63. The first kappa shape index (κ1) is 10.3. The largest absolute Gasteiger partial charge is 0.346 e. The topological polar surface area (TPSA) is 77.4 Å². The van der Waals surface area contributed by atoms with Gasteiger partial charge in [-0.2, -0.15) is 5.26 Å². The number of H-pyrrole nitrogens is 1. The van der Waals surface area contributed by atoms with Gasteiger partial charge in [0.1, 0.15) is 12.0 Å². The molecule has 2 aromatic heterocycles. The number of benzene rings is 1. The molecule has 0 aliphatic heterocycles. The van der Waals surface area contributed by atoms with E-state index >= 15 is 0 Å². The summed E-state index contributed by atoms with van der Waals surface area (Å²) in [5, 5.41) is 12.2. The standard InChI is InChI=1S/C13H9N5/c14-7-16-10-3-1-2-9(6-10)12-11-4-5-15-13(11)18-8-17-12/h1-6,8,16H,(H,15,17,18). The molecular weight excluding hydrogens is 226 g/mol. The van der Waals surface area contributed by atoms with E-state index in [4.69, 9.17) is 5.26 Å². The van der Waals surface area contributed by atoms with Crippen LogP contribution in [0.15, 0.2) is 42.9 Å². The average Bonchev–Trinajstić information content (AvgIpc) is 2.87. The van der Waals surface area contributed by atoms with E-state index in [2.05, 4.69) is 20.3 Å². The Hall–Kier alpha value is -2.87. The summed E-state index contributed by atoms with van der Waals surface area (Å²) < 4.78 is 0. The van der Waals surface area contributed by atoms with Crippen LogP contribution in [0.5, 0.6) is 0 Å². The molecule has 0 bridgehead atoms. The predicted octanol–water partition coefficient (Wildman–Crippen LogP) is 2.52. The van der Waals surface area contributed by atoms with E-state index in [-0.39, 0.29) is 0 Å². The quantitative estimate of drug-likeness (QED) is 0.528. The number of fused-ring (bicyclic) bond motifs is 1. The molecule has 3 rings (SSSR count). The van der Waals surface area contributed by atoms with Gasteiger partial charge in [-0.05, 0) is 18.2 Å². The van der Waals surface area contributed by atoms with E-state index in [1.54, 1.807) is 0 Å². The molecule has 2 N–H and O–H groups in total. The van der Waals surface area contributed by atoms with Crippen molar-refractivity contribution in [3.05, 3.63) is 42.9 Å². The van der Waals surface area contributed by atoms with Crippen LogP contribution in [0.3, 0.4) is 0 Å². The van der Waals surface area contributed by atoms with Crippen LogP contribution in [0, 0.1) is 11.5 Å². The second-order valence-electron chi connectivity index (χ2n) is 3.78. The second-order valence-corrected chi connectivity index (χ2v) is 3.78. The van der Waals surface area contributed by atoms with Crippen LogP contribution in [0.1, 0.15) is 0 Å². The van der Waals surface area contributed by atoms with Crippen LogP contribution in [0.2, 0.25) is 0 Å². The monoisotopic (exact) mass is 235 g/mol. The summed E-state index contributed by atoms with van der Waals surface area (Å²) in [4.78, 5) is 11.5. The normalized spacial score (nSPS) is 10.2. The van der Waals surface area contributed by atoms with Crippen LogP contribution in [-0.2, 0) is 0 Å². The number of rotatable bonds is 2. The van der Waals surface area contributed by atoms with Crippen LogP contribution in [0.25, 0.3) is 22.3 Å². The molecule has 0 aliphatic carbocycles. The number of nitrogens with zero attached hydrogens (tertiary/aromatic N) is 3. The third kappa shape index (κ3) is 1.66. The summed E-state index contributed by atoms with van der Waals surface area (Å²) in [5.41, 5.74) is 3.35. The Morgan fingerprint density at radius 2 is 2.17 bits per heavy atom. The molecule has 0 atom stereocenters. The SMILES string of the molecule is N#CNc1cccc(-c2ncnc3[nH]ccc23)c1. The number of anilines is 1. The smallest absolute Gasteiger partial charge is 0.181 e. The van der Waals surface area contributed by atoms with Crippen molar-refractivity contribution in [2.24, 2.45) is 0 Å². The molecule has 0 spiro atoms. The van der Waals surface area contributed by atoms with E-state index in [9.17, 15) is 0 Å². The summed E-state index contributed by atoms with van der Waals surface area (Å²) in [5.74, 6) is 0. The zero-order valence-corrected chi connectivity index (χ0v) is 9.38. The van der Waals surface area contributed by atoms with Crippen molar-refractivity contribution in [1.29, 1.82) is 5.26 Å². The van der Waals surface area contributed by atoms with Crippen LogP contribution in [-0.4, -0.2) is 15.0 Å². The maximum absolute atomic E-state index is 8.63. The van der Waals surface area contributed by atoms with Gasteiger partial charge in [0.25, 0.3) is 0 Å². The van der Waals surface area contributed by atoms with Gasteiger partial charge in [0.15, 0.2) is 6.19 Å². The van der Waals surface area contributed by atoms with Gasteiger partial charge >= 0.3 is 0 Å². The summed E-state index contributed by atoms with van der Waals surface area (Å²) in [6.07, 6.45) is 5.27. The fourth-order valence-electron chi connectivity index (χ4n) is 1.91. The van der Waals surface area contributed by atoms with E-state index in [0.29, 0.717) is 0 Å². The first-order valence-corrected chi connectivity index (χ1v) is 5.42. The van der Waals surface area contributed by atoms with Gasteiger partial charge in [-0.1, -0.05) is 12.1 Å². The predicted molar refractivity (Wildman–Crippen MR) is 68.6 cm³/mol. The number of hydrogen-bond acceptors (Lipinski definition) is 4. The lowest BCUT2D eigenvalue weighted by Gasteiger charge is -2.04. The van der Waals surface area contributed by atoms with E-state index in [1.165, 1.54) is 6.33 Å². The van der Waals surface area contributed by atoms with Gasteiger partial charge in [-0.3, -0.25) is 5.32 Å². The summed E-state index contributed by atoms with van der Waals surface area (Å²) >= 11 is 0. The lowest BCUT2D eigenvalue weighted by atomic mass is 10.1. The summed E-state index contributed by atoms with van der Waals surface area (Å²) in [6.45, 7) is 0. The van der Waals surface area contributed by atoms with Crippen molar-refractivity contribution < 1.29 is 0 Å². The van der Waals surface area contributed by atoms with Gasteiger partial charge in [0, 0.05) is 22.8 Å². The number of nitrogens with one attached hydrogen (secondary N) is 2. The highest BCUT2D eigenvalue weighted by molar-refractivity contribution is 5.90. The third-order valence-electron chi connectivity index (χ3n) is 2.69. The van der Waals surface area contributed by atoms with Gasteiger partial charge in [0.2, 0.25) is 0 Å². The Kier molecular flexibility index (Phi) is 2.39. The van der Waals surface area contributed by atoms with Gasteiger partial charge < -0.3 is 4.98 Å². The summed E-state index contributed by atoms with van der Waals surface area (Å²) in [6, 6.07) is 9.50. The van der Waals surface area contributed by atoms with Crippen LogP contribution in [0.4, 0.5) is 5.69 Å². The van der Waals surface area contributed by atoms with Crippen LogP contribution < -0.4 is 5.32 Å². The lowest BCUT2D eigenvalue weighted by Crippen LogP contribution is -1.90.